The molecule has 1 atom stereocenters. The van der Waals surface area contributed by atoms with Crippen molar-refractivity contribution in [2.75, 3.05) is 6.54 Å². The van der Waals surface area contributed by atoms with E-state index in [1.807, 2.05) is 6.07 Å². The van der Waals surface area contributed by atoms with Crippen LogP contribution in [0.4, 0.5) is 8.78 Å². The van der Waals surface area contributed by atoms with E-state index in [1.165, 1.54) is 12.1 Å². The molecule has 0 aromatic heterocycles. The van der Waals surface area contributed by atoms with Gasteiger partial charge in [0.25, 0.3) is 0 Å². The molecular formula is C15H15F2N. The lowest BCUT2D eigenvalue weighted by atomic mass is 9.89. The third-order valence-corrected chi connectivity index (χ3v) is 3.01. The van der Waals surface area contributed by atoms with E-state index in [0.29, 0.717) is 5.56 Å². The molecule has 0 aliphatic heterocycles. The lowest BCUT2D eigenvalue weighted by molar-refractivity contribution is 0.175. The largest absolute Gasteiger partial charge is 0.327 e. The molecule has 2 N–H and O–H groups in total. The van der Waals surface area contributed by atoms with Crippen molar-refractivity contribution in [2.24, 2.45) is 5.73 Å². The Morgan fingerprint density at radius 2 is 1.56 bits per heavy atom. The minimum atomic E-state index is -1.61. The molecule has 2 rings (SSSR count). The molecule has 18 heavy (non-hydrogen) atoms. The molecule has 1 unspecified atom stereocenters. The molecule has 2 aromatic rings. The first-order chi connectivity index (χ1) is 8.64. The maximum atomic E-state index is 14.8. The van der Waals surface area contributed by atoms with Gasteiger partial charge in [-0.1, -0.05) is 42.5 Å². The highest BCUT2D eigenvalue weighted by Gasteiger charge is 2.30. The summed E-state index contributed by atoms with van der Waals surface area (Å²) in [6.45, 7) is -0.103. The molecule has 94 valence electrons. The van der Waals surface area contributed by atoms with Gasteiger partial charge >= 0.3 is 0 Å². The first-order valence-corrected chi connectivity index (χ1v) is 5.83. The predicted octanol–water partition coefficient (Wildman–Crippen LogP) is 3.19. The molecule has 0 bridgehead atoms. The summed E-state index contributed by atoms with van der Waals surface area (Å²) >= 11 is 0. The van der Waals surface area contributed by atoms with Gasteiger partial charge in [0, 0.05) is 13.0 Å². The monoisotopic (exact) mass is 247 g/mol. The first kappa shape index (κ1) is 12.7. The topological polar surface area (TPSA) is 26.0 Å². The van der Waals surface area contributed by atoms with Crippen LogP contribution in [0.5, 0.6) is 0 Å². The molecule has 0 radical (unpaired) electrons. The summed E-state index contributed by atoms with van der Waals surface area (Å²) in [5, 5.41) is 0. The van der Waals surface area contributed by atoms with Gasteiger partial charge in [-0.05, 0) is 23.3 Å². The minimum absolute atomic E-state index is 0.103. The van der Waals surface area contributed by atoms with E-state index in [2.05, 4.69) is 0 Å². The van der Waals surface area contributed by atoms with Crippen molar-refractivity contribution in [3.8, 4) is 0 Å². The Bertz CT molecular complexity index is 496. The molecular weight excluding hydrogens is 232 g/mol. The molecule has 1 nitrogen and oxygen atoms in total. The average molecular weight is 247 g/mol. The van der Waals surface area contributed by atoms with Crippen molar-refractivity contribution in [3.05, 3.63) is 71.5 Å². The third-order valence-electron chi connectivity index (χ3n) is 3.01. The van der Waals surface area contributed by atoms with Crippen LogP contribution in [0, 0.1) is 5.82 Å². The number of hydrogen-bond acceptors (Lipinski definition) is 1. The van der Waals surface area contributed by atoms with Gasteiger partial charge in [0.15, 0.2) is 5.67 Å². The van der Waals surface area contributed by atoms with Gasteiger partial charge in [-0.15, -0.1) is 0 Å². The van der Waals surface area contributed by atoms with Crippen LogP contribution in [0.15, 0.2) is 54.6 Å². The number of hydrogen-bond donors (Lipinski definition) is 1. The van der Waals surface area contributed by atoms with Gasteiger partial charge in [-0.3, -0.25) is 0 Å². The van der Waals surface area contributed by atoms with Gasteiger partial charge in [-0.2, -0.15) is 0 Å². The lowest BCUT2D eigenvalue weighted by Gasteiger charge is -2.24. The molecule has 0 aliphatic rings. The van der Waals surface area contributed by atoms with Gasteiger partial charge in [0.2, 0.25) is 0 Å². The van der Waals surface area contributed by atoms with Crippen molar-refractivity contribution >= 4 is 0 Å². The summed E-state index contributed by atoms with van der Waals surface area (Å²) < 4.78 is 27.6. The number of benzene rings is 2. The van der Waals surface area contributed by atoms with E-state index in [0.717, 1.165) is 5.56 Å². The fourth-order valence-electron chi connectivity index (χ4n) is 1.95. The van der Waals surface area contributed by atoms with Crippen LogP contribution in [0.25, 0.3) is 0 Å². The van der Waals surface area contributed by atoms with Crippen LogP contribution in [-0.4, -0.2) is 6.54 Å². The second kappa shape index (κ2) is 5.27. The van der Waals surface area contributed by atoms with E-state index in [1.54, 1.807) is 36.4 Å². The van der Waals surface area contributed by atoms with Gasteiger partial charge in [-0.25, -0.2) is 8.78 Å². The van der Waals surface area contributed by atoms with Crippen molar-refractivity contribution in [2.45, 2.75) is 12.1 Å². The summed E-state index contributed by atoms with van der Waals surface area (Å²) in [6.07, 6.45) is 0.147. The Balaban J connectivity index is 2.26. The first-order valence-electron chi connectivity index (χ1n) is 5.83. The molecule has 0 amide bonds. The Kier molecular flexibility index (Phi) is 3.72. The number of rotatable bonds is 4. The van der Waals surface area contributed by atoms with Crippen LogP contribution in [-0.2, 0) is 12.1 Å². The highest BCUT2D eigenvalue weighted by molar-refractivity contribution is 5.27. The van der Waals surface area contributed by atoms with Crippen molar-refractivity contribution in [3.63, 3.8) is 0 Å². The quantitative estimate of drug-likeness (QED) is 0.882. The summed E-state index contributed by atoms with van der Waals surface area (Å²) in [5.41, 5.74) is 5.24. The van der Waals surface area contributed by atoms with Gasteiger partial charge in [0.1, 0.15) is 5.82 Å². The average Bonchev–Trinajstić information content (AvgIpc) is 2.42. The third kappa shape index (κ3) is 2.74. The summed E-state index contributed by atoms with van der Waals surface area (Å²) in [4.78, 5) is 0. The molecule has 0 fully saturated rings. The smallest absolute Gasteiger partial charge is 0.152 e. The minimum Gasteiger partial charge on any atom is -0.327 e. The number of halogens is 2. The molecule has 2 aromatic carbocycles. The number of alkyl halides is 1. The fourth-order valence-corrected chi connectivity index (χ4v) is 1.95. The summed E-state index contributed by atoms with van der Waals surface area (Å²) in [6, 6.07) is 14.7. The molecule has 0 saturated carbocycles. The molecule has 0 heterocycles. The van der Waals surface area contributed by atoms with Gasteiger partial charge < -0.3 is 5.73 Å². The maximum absolute atomic E-state index is 14.8. The van der Waals surface area contributed by atoms with E-state index in [9.17, 15) is 8.78 Å². The Morgan fingerprint density at radius 3 is 2.11 bits per heavy atom. The van der Waals surface area contributed by atoms with Crippen LogP contribution in [0.1, 0.15) is 11.1 Å². The SMILES string of the molecule is NCC(F)(Cc1ccc(F)cc1)c1ccccc1. The lowest BCUT2D eigenvalue weighted by Crippen LogP contribution is -2.32. The van der Waals surface area contributed by atoms with Crippen LogP contribution >= 0.6 is 0 Å². The zero-order chi connectivity index (χ0) is 13.0. The molecule has 3 heteroatoms. The Hall–Kier alpha value is -1.74. The standard InChI is InChI=1S/C15H15F2N/c16-14-8-6-12(7-9-14)10-15(17,11-18)13-4-2-1-3-5-13/h1-9H,10-11,18H2. The summed E-state index contributed by atoms with van der Waals surface area (Å²) in [5.74, 6) is -0.323. The maximum Gasteiger partial charge on any atom is 0.152 e. The second-order valence-corrected chi connectivity index (χ2v) is 4.34. The normalized spacial score (nSPS) is 14.2. The van der Waals surface area contributed by atoms with E-state index < -0.39 is 5.67 Å². The van der Waals surface area contributed by atoms with Crippen LogP contribution < -0.4 is 5.73 Å². The summed E-state index contributed by atoms with van der Waals surface area (Å²) in [7, 11) is 0. The molecule has 0 saturated heterocycles. The predicted molar refractivity (Wildman–Crippen MR) is 68.4 cm³/mol. The fraction of sp³-hybridized carbons (Fsp3) is 0.200. The zero-order valence-corrected chi connectivity index (χ0v) is 9.94. The van der Waals surface area contributed by atoms with Gasteiger partial charge in [0.05, 0.1) is 0 Å². The zero-order valence-electron chi connectivity index (χ0n) is 9.94. The van der Waals surface area contributed by atoms with Crippen LogP contribution in [0.3, 0.4) is 0 Å². The van der Waals surface area contributed by atoms with Crippen LogP contribution in [0.2, 0.25) is 0 Å². The van der Waals surface area contributed by atoms with Crippen molar-refractivity contribution in [1.82, 2.24) is 0 Å². The second-order valence-electron chi connectivity index (χ2n) is 4.34. The highest BCUT2D eigenvalue weighted by Crippen LogP contribution is 2.29. The number of nitrogens with two attached hydrogens (primary N) is 1. The van der Waals surface area contributed by atoms with Crippen molar-refractivity contribution < 1.29 is 8.78 Å². The Labute approximate surface area is 105 Å². The van der Waals surface area contributed by atoms with E-state index in [-0.39, 0.29) is 18.8 Å². The van der Waals surface area contributed by atoms with E-state index in [4.69, 9.17) is 5.73 Å². The molecule has 0 spiro atoms. The molecule has 0 aliphatic carbocycles. The highest BCUT2D eigenvalue weighted by atomic mass is 19.1. The van der Waals surface area contributed by atoms with Crippen molar-refractivity contribution in [1.29, 1.82) is 0 Å². The Morgan fingerprint density at radius 1 is 0.944 bits per heavy atom. The van der Waals surface area contributed by atoms with E-state index >= 15 is 0 Å².